The summed E-state index contributed by atoms with van der Waals surface area (Å²) in [6.07, 6.45) is 2.65. The zero-order valence-corrected chi connectivity index (χ0v) is 12.9. The number of nitrogen functional groups attached to an aromatic ring is 1. The van der Waals surface area contributed by atoms with Crippen molar-refractivity contribution in [3.05, 3.63) is 22.3 Å². The Morgan fingerprint density at radius 3 is 2.75 bits per heavy atom. The number of fused-ring (bicyclic) bond motifs is 1. The van der Waals surface area contributed by atoms with E-state index in [-0.39, 0.29) is 5.54 Å². The third kappa shape index (κ3) is 1.66. The molecule has 0 fully saturated rings. The van der Waals surface area contributed by atoms with Gasteiger partial charge >= 0.3 is 0 Å². The Morgan fingerprint density at radius 1 is 1.40 bits per heavy atom. The summed E-state index contributed by atoms with van der Waals surface area (Å²) in [5.41, 5.74) is 8.62. The maximum atomic E-state index is 6.17. The number of anilines is 1. The predicted octanol–water partition coefficient (Wildman–Crippen LogP) is 2.15. The van der Waals surface area contributed by atoms with Gasteiger partial charge in [-0.3, -0.25) is 9.25 Å². The van der Waals surface area contributed by atoms with E-state index in [1.165, 1.54) is 0 Å². The van der Waals surface area contributed by atoms with E-state index in [1.54, 1.807) is 11.3 Å². The average molecular weight is 290 g/mol. The molecule has 0 unspecified atom stereocenters. The van der Waals surface area contributed by atoms with Crippen LogP contribution in [0, 0.1) is 0 Å². The molecule has 0 aliphatic carbocycles. The zero-order chi connectivity index (χ0) is 14.5. The number of nitrogens with two attached hydrogens (primary N) is 1. The number of nitrogens with zero attached hydrogens (tertiary/aromatic N) is 5. The van der Waals surface area contributed by atoms with Crippen molar-refractivity contribution in [3.8, 4) is 0 Å². The van der Waals surface area contributed by atoms with Crippen LogP contribution >= 0.6 is 11.3 Å². The van der Waals surface area contributed by atoms with Crippen molar-refractivity contribution in [1.29, 1.82) is 0 Å². The molecule has 0 bridgehead atoms. The molecule has 0 atom stereocenters. The van der Waals surface area contributed by atoms with Crippen molar-refractivity contribution in [2.24, 2.45) is 7.05 Å². The predicted molar refractivity (Wildman–Crippen MR) is 80.8 cm³/mol. The SMILES string of the molecule is CCc1nn(C)c2c1nc(N)n2C(C)(C)c1nccs1. The van der Waals surface area contributed by atoms with Crippen LogP contribution in [0.15, 0.2) is 11.6 Å². The van der Waals surface area contributed by atoms with Gasteiger partial charge in [0.2, 0.25) is 5.95 Å². The summed E-state index contributed by atoms with van der Waals surface area (Å²) >= 11 is 1.62. The molecule has 0 aliphatic rings. The fraction of sp³-hybridized carbons (Fsp3) is 0.462. The third-order valence-electron chi connectivity index (χ3n) is 3.58. The molecule has 0 spiro atoms. The van der Waals surface area contributed by atoms with Gasteiger partial charge in [-0.15, -0.1) is 11.3 Å². The number of rotatable bonds is 3. The maximum absolute atomic E-state index is 6.17. The summed E-state index contributed by atoms with van der Waals surface area (Å²) in [5, 5.41) is 7.50. The lowest BCUT2D eigenvalue weighted by Gasteiger charge is -2.25. The van der Waals surface area contributed by atoms with Crippen molar-refractivity contribution in [2.45, 2.75) is 32.7 Å². The van der Waals surface area contributed by atoms with Crippen LogP contribution in [0.25, 0.3) is 11.2 Å². The summed E-state index contributed by atoms with van der Waals surface area (Å²) in [4.78, 5) is 8.95. The lowest BCUT2D eigenvalue weighted by atomic mass is 10.1. The van der Waals surface area contributed by atoms with Crippen LogP contribution < -0.4 is 5.73 Å². The van der Waals surface area contributed by atoms with Crippen LogP contribution in [0.5, 0.6) is 0 Å². The van der Waals surface area contributed by atoms with E-state index in [4.69, 9.17) is 5.73 Å². The van der Waals surface area contributed by atoms with Gasteiger partial charge in [0.05, 0.1) is 11.2 Å². The molecule has 3 aromatic heterocycles. The number of thiazole rings is 1. The van der Waals surface area contributed by atoms with Gasteiger partial charge in [0.15, 0.2) is 5.65 Å². The summed E-state index contributed by atoms with van der Waals surface area (Å²) in [5.74, 6) is 0.503. The van der Waals surface area contributed by atoms with Gasteiger partial charge < -0.3 is 5.73 Å². The first-order chi connectivity index (χ1) is 9.46. The highest BCUT2D eigenvalue weighted by Crippen LogP contribution is 2.34. The minimum absolute atomic E-state index is 0.355. The smallest absolute Gasteiger partial charge is 0.203 e. The fourth-order valence-electron chi connectivity index (χ4n) is 2.61. The van der Waals surface area contributed by atoms with Gasteiger partial charge in [0.1, 0.15) is 10.5 Å². The quantitative estimate of drug-likeness (QED) is 0.802. The van der Waals surface area contributed by atoms with Crippen molar-refractivity contribution in [3.63, 3.8) is 0 Å². The second-order valence-electron chi connectivity index (χ2n) is 5.30. The molecular formula is C13H18N6S. The molecule has 3 aromatic rings. The van der Waals surface area contributed by atoms with Crippen LogP contribution in [0.3, 0.4) is 0 Å². The molecule has 0 radical (unpaired) electrons. The van der Waals surface area contributed by atoms with Crippen LogP contribution in [-0.2, 0) is 19.0 Å². The second kappa shape index (κ2) is 4.31. The Bertz CT molecular complexity index is 750. The second-order valence-corrected chi connectivity index (χ2v) is 6.19. The zero-order valence-electron chi connectivity index (χ0n) is 12.1. The Balaban J connectivity index is 2.31. The summed E-state index contributed by atoms with van der Waals surface area (Å²) in [7, 11) is 1.93. The van der Waals surface area contributed by atoms with Gasteiger partial charge in [0, 0.05) is 18.6 Å². The van der Waals surface area contributed by atoms with Crippen molar-refractivity contribution >= 4 is 28.4 Å². The molecular weight excluding hydrogens is 272 g/mol. The maximum Gasteiger partial charge on any atom is 0.203 e. The molecule has 2 N–H and O–H groups in total. The van der Waals surface area contributed by atoms with E-state index in [1.807, 2.05) is 27.9 Å². The van der Waals surface area contributed by atoms with E-state index in [2.05, 4.69) is 35.8 Å². The first-order valence-electron chi connectivity index (χ1n) is 6.57. The minimum Gasteiger partial charge on any atom is -0.369 e. The molecule has 106 valence electrons. The molecule has 20 heavy (non-hydrogen) atoms. The van der Waals surface area contributed by atoms with E-state index >= 15 is 0 Å². The highest BCUT2D eigenvalue weighted by molar-refractivity contribution is 7.09. The molecule has 0 saturated heterocycles. The standard InChI is InChI=1S/C13H18N6S/c1-5-8-9-10(18(4)17-8)19(12(14)16-9)13(2,3)11-15-6-7-20-11/h6-7H,5H2,1-4H3,(H2,14,16). The minimum atomic E-state index is -0.355. The molecule has 0 aliphatic heterocycles. The van der Waals surface area contributed by atoms with Crippen molar-refractivity contribution < 1.29 is 0 Å². The number of hydrogen-bond acceptors (Lipinski definition) is 5. The molecule has 6 nitrogen and oxygen atoms in total. The fourth-order valence-corrected chi connectivity index (χ4v) is 3.36. The van der Waals surface area contributed by atoms with Crippen LogP contribution in [0.4, 0.5) is 5.95 Å². The Labute approximate surface area is 121 Å². The third-order valence-corrected chi connectivity index (χ3v) is 4.67. The highest BCUT2D eigenvalue weighted by Gasteiger charge is 2.32. The van der Waals surface area contributed by atoms with Crippen LogP contribution in [-0.4, -0.2) is 24.3 Å². The Kier molecular flexibility index (Phi) is 2.82. The monoisotopic (exact) mass is 290 g/mol. The first kappa shape index (κ1) is 13.1. The van der Waals surface area contributed by atoms with Crippen molar-refractivity contribution in [2.75, 3.05) is 5.73 Å². The van der Waals surface area contributed by atoms with Gasteiger partial charge in [0.25, 0.3) is 0 Å². The van der Waals surface area contributed by atoms with E-state index in [9.17, 15) is 0 Å². The number of imidazole rings is 1. The Morgan fingerprint density at radius 2 is 2.15 bits per heavy atom. The Hall–Kier alpha value is -1.89. The van der Waals surface area contributed by atoms with Gasteiger partial charge in [-0.1, -0.05) is 6.92 Å². The normalized spacial score (nSPS) is 12.4. The van der Waals surface area contributed by atoms with Crippen LogP contribution in [0.2, 0.25) is 0 Å². The van der Waals surface area contributed by atoms with Crippen molar-refractivity contribution in [1.82, 2.24) is 24.3 Å². The first-order valence-corrected chi connectivity index (χ1v) is 7.45. The van der Waals surface area contributed by atoms with Crippen LogP contribution in [0.1, 0.15) is 31.5 Å². The average Bonchev–Trinajstić information content (AvgIpc) is 3.06. The largest absolute Gasteiger partial charge is 0.369 e. The number of aromatic nitrogens is 5. The molecule has 0 saturated carbocycles. The lowest BCUT2D eigenvalue weighted by Crippen LogP contribution is -2.29. The van der Waals surface area contributed by atoms with Gasteiger partial charge in [-0.25, -0.2) is 9.97 Å². The molecule has 0 amide bonds. The summed E-state index contributed by atoms with van der Waals surface area (Å²) in [6, 6.07) is 0. The van der Waals surface area contributed by atoms with E-state index in [0.717, 1.165) is 28.3 Å². The topological polar surface area (TPSA) is 74.6 Å². The van der Waals surface area contributed by atoms with E-state index in [0.29, 0.717) is 5.95 Å². The number of hydrogen-bond donors (Lipinski definition) is 1. The number of aryl methyl sites for hydroxylation is 2. The van der Waals surface area contributed by atoms with E-state index < -0.39 is 0 Å². The lowest BCUT2D eigenvalue weighted by molar-refractivity contribution is 0.444. The summed E-state index contributed by atoms with van der Waals surface area (Å²) < 4.78 is 3.88. The molecule has 3 rings (SSSR count). The molecule has 3 heterocycles. The highest BCUT2D eigenvalue weighted by atomic mass is 32.1. The van der Waals surface area contributed by atoms with Gasteiger partial charge in [-0.2, -0.15) is 5.10 Å². The summed E-state index contributed by atoms with van der Waals surface area (Å²) in [6.45, 7) is 6.27. The molecule has 7 heteroatoms. The van der Waals surface area contributed by atoms with Gasteiger partial charge in [-0.05, 0) is 20.3 Å². The molecule has 0 aromatic carbocycles.